The van der Waals surface area contributed by atoms with E-state index in [2.05, 4.69) is 13.8 Å². The first-order valence-electron chi connectivity index (χ1n) is 3.19. The lowest BCUT2D eigenvalue weighted by atomic mass is 10.1. The molecule has 8 heavy (non-hydrogen) atoms. The topological polar surface area (TPSA) is 0 Å². The van der Waals surface area contributed by atoms with Gasteiger partial charge in [-0.3, -0.25) is 0 Å². The molecule has 0 N–H and O–H groups in total. The highest BCUT2D eigenvalue weighted by Gasteiger charge is 2.22. The van der Waals surface area contributed by atoms with E-state index < -0.39 is 14.6 Å². The lowest BCUT2D eigenvalue weighted by molar-refractivity contribution is 0.583. The fourth-order valence-electron chi connectivity index (χ4n) is 0.530. The van der Waals surface area contributed by atoms with Crippen LogP contribution in [0.15, 0.2) is 0 Å². The van der Waals surface area contributed by atoms with Crippen molar-refractivity contribution in [3.8, 4) is 0 Å². The van der Waals surface area contributed by atoms with Gasteiger partial charge in [0.2, 0.25) is 0 Å². The highest BCUT2D eigenvalue weighted by atomic mass is 27.2. The van der Waals surface area contributed by atoms with Crippen molar-refractivity contribution < 1.29 is 3.52 Å². The Labute approximate surface area is 56.0 Å². The van der Waals surface area contributed by atoms with Gasteiger partial charge < -0.3 is 3.52 Å². The lowest BCUT2D eigenvalue weighted by Crippen LogP contribution is -2.12. The fourth-order valence-corrected chi connectivity index (χ4v) is 1.59. The first kappa shape index (κ1) is 8.46. The Morgan fingerprint density at radius 2 is 1.62 bits per heavy atom. The van der Waals surface area contributed by atoms with Gasteiger partial charge in [0, 0.05) is 0 Å². The maximum absolute atomic E-state index is 12.5. The van der Waals surface area contributed by atoms with Crippen LogP contribution in [0.25, 0.3) is 0 Å². The third kappa shape index (κ3) is 2.69. The van der Waals surface area contributed by atoms with Gasteiger partial charge in [-0.1, -0.05) is 37.3 Å². The summed E-state index contributed by atoms with van der Waals surface area (Å²) in [4.78, 5) is 0. The minimum Gasteiger partial charge on any atom is -0.418 e. The number of rotatable bonds is 2. The molecule has 0 aromatic carbocycles. The van der Waals surface area contributed by atoms with Crippen molar-refractivity contribution in [2.24, 2.45) is 5.92 Å². The zero-order valence-corrected chi connectivity index (χ0v) is 7.26. The minimum atomic E-state index is -1.82. The predicted octanol–water partition coefficient (Wildman–Crippen LogP) is 2.62. The molecule has 0 aliphatic heterocycles. The summed E-state index contributed by atoms with van der Waals surface area (Å²) in [6, 6.07) is 0. The lowest BCUT2D eigenvalue weighted by Gasteiger charge is -2.11. The zero-order valence-electron chi connectivity index (χ0n) is 6.11. The van der Waals surface area contributed by atoms with Crippen molar-refractivity contribution in [3.63, 3.8) is 0 Å². The summed E-state index contributed by atoms with van der Waals surface area (Å²) in [6.45, 7) is 6.16. The van der Waals surface area contributed by atoms with E-state index >= 15 is 0 Å². The van der Waals surface area contributed by atoms with Crippen molar-refractivity contribution in [3.05, 3.63) is 0 Å². The van der Waals surface area contributed by atoms with E-state index in [-0.39, 0.29) is 0 Å². The van der Waals surface area contributed by atoms with Crippen LogP contribution in [0.3, 0.4) is 0 Å². The van der Waals surface area contributed by atoms with E-state index in [0.29, 0.717) is 10.7 Å². The van der Waals surface area contributed by atoms with Gasteiger partial charge in [-0.05, 0) is 0 Å². The third-order valence-corrected chi connectivity index (χ3v) is 3.99. The van der Waals surface area contributed by atoms with Gasteiger partial charge in [0.15, 0.2) is 0 Å². The van der Waals surface area contributed by atoms with Gasteiger partial charge in [-0.2, -0.15) is 0 Å². The van der Waals surface area contributed by atoms with Crippen molar-refractivity contribution in [2.75, 3.05) is 0 Å². The standard InChI is InChI=1S/C5H11.CH3.Al.FH/c1-4-5(2)3;;;/h4-5H,1-3H3;1H3;;1H/q;;+1;/p-1. The van der Waals surface area contributed by atoms with E-state index in [1.807, 2.05) is 6.92 Å². The van der Waals surface area contributed by atoms with Crippen molar-refractivity contribution in [1.82, 2.24) is 0 Å². The van der Waals surface area contributed by atoms with Crippen molar-refractivity contribution in [1.29, 1.82) is 0 Å². The van der Waals surface area contributed by atoms with E-state index in [0.717, 1.165) is 0 Å². The molecule has 0 bridgehead atoms. The molecule has 0 rings (SSSR count). The molecule has 0 nitrogen and oxygen atoms in total. The summed E-state index contributed by atoms with van der Waals surface area (Å²) < 4.78 is 12.8. The van der Waals surface area contributed by atoms with Crippen LogP contribution in [-0.4, -0.2) is 14.6 Å². The van der Waals surface area contributed by atoms with Crippen LogP contribution in [-0.2, 0) is 0 Å². The molecule has 0 fully saturated rings. The van der Waals surface area contributed by atoms with Crippen LogP contribution >= 0.6 is 0 Å². The molecule has 2 heteroatoms. The van der Waals surface area contributed by atoms with Gasteiger partial charge in [0.25, 0.3) is 0 Å². The normalized spacial score (nSPS) is 14.2. The zero-order chi connectivity index (χ0) is 6.73. The summed E-state index contributed by atoms with van der Waals surface area (Å²) >= 11 is -1.82. The van der Waals surface area contributed by atoms with E-state index in [1.165, 1.54) is 0 Å². The van der Waals surface area contributed by atoms with Gasteiger partial charge >= 0.3 is 14.6 Å². The molecule has 0 aliphatic carbocycles. The summed E-state index contributed by atoms with van der Waals surface area (Å²) in [5.74, 6) is 2.28. The summed E-state index contributed by atoms with van der Waals surface area (Å²) in [5.41, 5.74) is 0. The Morgan fingerprint density at radius 3 is 1.62 bits per heavy atom. The molecule has 0 amide bonds. The molecule has 0 spiro atoms. The van der Waals surface area contributed by atoms with Crippen molar-refractivity contribution >= 4 is 14.6 Å². The molecular weight excluding hydrogens is 118 g/mol. The van der Waals surface area contributed by atoms with Crippen LogP contribution < -0.4 is 0 Å². The maximum atomic E-state index is 12.5. The Bertz CT molecular complexity index is 53.5. The first-order chi connectivity index (χ1) is 3.55. The molecular formula is C6H14AlF. The molecule has 0 aliphatic rings. The Kier molecular flexibility index (Phi) is 3.68. The average molecular weight is 132 g/mol. The van der Waals surface area contributed by atoms with Crippen LogP contribution in [0.4, 0.5) is 3.52 Å². The van der Waals surface area contributed by atoms with Gasteiger partial charge in [0.1, 0.15) is 0 Å². The number of halogens is 1. The van der Waals surface area contributed by atoms with Gasteiger partial charge in [0.05, 0.1) is 0 Å². The number of hydrogen-bond donors (Lipinski definition) is 0. The fraction of sp³-hybridized carbons (Fsp3) is 1.00. The van der Waals surface area contributed by atoms with Crippen LogP contribution in [0.5, 0.6) is 0 Å². The predicted molar refractivity (Wildman–Crippen MR) is 37.0 cm³/mol. The second kappa shape index (κ2) is 3.48. The van der Waals surface area contributed by atoms with Gasteiger partial charge in [-0.25, -0.2) is 0 Å². The summed E-state index contributed by atoms with van der Waals surface area (Å²) in [5, 5.41) is 0. The summed E-state index contributed by atoms with van der Waals surface area (Å²) in [6.07, 6.45) is 0. The van der Waals surface area contributed by atoms with Crippen LogP contribution in [0.1, 0.15) is 20.8 Å². The Hall–Kier alpha value is 0.462. The quantitative estimate of drug-likeness (QED) is 0.506. The molecule has 1 unspecified atom stereocenters. The smallest absolute Gasteiger partial charge is 0.418 e. The van der Waals surface area contributed by atoms with Crippen molar-refractivity contribution in [2.45, 2.75) is 31.3 Å². The highest BCUT2D eigenvalue weighted by molar-refractivity contribution is 6.51. The van der Waals surface area contributed by atoms with E-state index in [1.54, 1.807) is 5.79 Å². The van der Waals surface area contributed by atoms with E-state index in [9.17, 15) is 3.52 Å². The Balaban J connectivity index is 3.46. The highest BCUT2D eigenvalue weighted by Crippen LogP contribution is 2.20. The number of hydrogen-bond acceptors (Lipinski definition) is 0. The molecule has 48 valence electrons. The Morgan fingerprint density at radius 1 is 1.25 bits per heavy atom. The molecule has 0 saturated heterocycles. The van der Waals surface area contributed by atoms with E-state index in [4.69, 9.17) is 0 Å². The molecule has 0 saturated carbocycles. The van der Waals surface area contributed by atoms with Crippen LogP contribution in [0, 0.1) is 5.92 Å². The molecule has 0 aromatic heterocycles. The third-order valence-electron chi connectivity index (χ3n) is 1.78. The van der Waals surface area contributed by atoms with Gasteiger partial charge in [-0.15, -0.1) is 0 Å². The maximum Gasteiger partial charge on any atom is 0.516 e. The second-order valence-electron chi connectivity index (χ2n) is 2.78. The molecule has 1 atom stereocenters. The largest absolute Gasteiger partial charge is 0.516 e. The SMILES string of the molecule is CC(C)[CH](C)[Al]([CH3])[F]. The average Bonchev–Trinajstić information content (AvgIpc) is 1.64. The monoisotopic (exact) mass is 132 g/mol. The summed E-state index contributed by atoms with van der Waals surface area (Å²) in [7, 11) is 0. The second-order valence-corrected chi connectivity index (χ2v) is 5.19. The van der Waals surface area contributed by atoms with Crippen LogP contribution in [0.2, 0.25) is 10.6 Å². The molecule has 0 radical (unpaired) electrons. The molecule has 0 aromatic rings. The minimum absolute atomic E-state index is 0.343. The molecule has 0 heterocycles. The first-order valence-corrected chi connectivity index (χ1v) is 5.45.